The Hall–Kier alpha value is -0.800. The fourth-order valence-electron chi connectivity index (χ4n) is 1.67. The van der Waals surface area contributed by atoms with Gasteiger partial charge < -0.3 is 9.30 Å². The van der Waals surface area contributed by atoms with Crippen molar-refractivity contribution in [3.8, 4) is 0 Å². The molecule has 2 aromatic rings. The molecule has 3 heteroatoms. The van der Waals surface area contributed by atoms with E-state index in [1.54, 1.807) is 7.11 Å². The molecule has 0 spiro atoms. The van der Waals surface area contributed by atoms with E-state index < -0.39 is 0 Å². The molecule has 0 saturated carbocycles. The van der Waals surface area contributed by atoms with E-state index in [1.165, 1.54) is 16.6 Å². The molecule has 0 fully saturated rings. The molecule has 1 heterocycles. The van der Waals surface area contributed by atoms with Gasteiger partial charge in [0.05, 0.1) is 6.61 Å². The third-order valence-electron chi connectivity index (χ3n) is 2.43. The molecule has 0 N–H and O–H groups in total. The molecule has 1 aromatic heterocycles. The summed E-state index contributed by atoms with van der Waals surface area (Å²) in [6.07, 6.45) is 0. The minimum absolute atomic E-state index is 0.650. The molecule has 0 amide bonds. The van der Waals surface area contributed by atoms with Crippen LogP contribution < -0.4 is 0 Å². The molecule has 0 unspecified atom stereocenters. The van der Waals surface area contributed by atoms with Crippen molar-refractivity contribution in [3.63, 3.8) is 0 Å². The van der Waals surface area contributed by atoms with Gasteiger partial charge in [0, 0.05) is 35.2 Å². The van der Waals surface area contributed by atoms with Gasteiger partial charge in [-0.25, -0.2) is 0 Å². The summed E-state index contributed by atoms with van der Waals surface area (Å²) >= 11 is 3.54. The molecule has 2 rings (SSSR count). The van der Waals surface area contributed by atoms with Crippen LogP contribution in [-0.4, -0.2) is 11.7 Å². The molecule has 0 atom stereocenters. The van der Waals surface area contributed by atoms with Gasteiger partial charge in [0.15, 0.2) is 0 Å². The van der Waals surface area contributed by atoms with Crippen molar-refractivity contribution in [1.82, 2.24) is 4.57 Å². The minimum Gasteiger partial charge on any atom is -0.378 e. The van der Waals surface area contributed by atoms with Crippen LogP contribution in [0.3, 0.4) is 0 Å². The first kappa shape index (κ1) is 9.74. The molecule has 1 aromatic carbocycles. The van der Waals surface area contributed by atoms with Gasteiger partial charge in [-0.15, -0.1) is 0 Å². The predicted molar refractivity (Wildman–Crippen MR) is 61.3 cm³/mol. The number of aryl methyl sites for hydroxylation is 1. The molecule has 14 heavy (non-hydrogen) atoms. The zero-order valence-corrected chi connectivity index (χ0v) is 9.84. The molecule has 0 saturated heterocycles. The molecule has 0 bridgehead atoms. The normalized spacial score (nSPS) is 11.1. The van der Waals surface area contributed by atoms with Gasteiger partial charge in [-0.05, 0) is 18.2 Å². The number of ether oxygens (including phenoxy) is 1. The van der Waals surface area contributed by atoms with Gasteiger partial charge in [-0.2, -0.15) is 0 Å². The summed E-state index contributed by atoms with van der Waals surface area (Å²) in [6.45, 7) is 0.650. The fourth-order valence-corrected chi connectivity index (χ4v) is 2.14. The summed E-state index contributed by atoms with van der Waals surface area (Å²) in [4.78, 5) is 0. The van der Waals surface area contributed by atoms with Gasteiger partial charge >= 0.3 is 0 Å². The maximum absolute atomic E-state index is 5.14. The topological polar surface area (TPSA) is 14.2 Å². The summed E-state index contributed by atoms with van der Waals surface area (Å²) < 4.78 is 8.43. The Labute approximate surface area is 91.6 Å². The number of aromatic nitrogens is 1. The van der Waals surface area contributed by atoms with E-state index in [0.717, 1.165) is 4.47 Å². The number of hydrogen-bond donors (Lipinski definition) is 0. The largest absolute Gasteiger partial charge is 0.378 e. The number of hydrogen-bond acceptors (Lipinski definition) is 1. The van der Waals surface area contributed by atoms with Gasteiger partial charge in [-0.3, -0.25) is 0 Å². The van der Waals surface area contributed by atoms with Gasteiger partial charge in [0.2, 0.25) is 0 Å². The lowest BCUT2D eigenvalue weighted by atomic mass is 10.2. The Bertz CT molecular complexity index is 462. The summed E-state index contributed by atoms with van der Waals surface area (Å²) in [6, 6.07) is 8.37. The number of fused-ring (bicyclic) bond motifs is 1. The van der Waals surface area contributed by atoms with Crippen LogP contribution in [0.15, 0.2) is 28.7 Å². The molecular formula is C11H12BrNO. The van der Waals surface area contributed by atoms with Crippen LogP contribution in [0.4, 0.5) is 0 Å². The van der Waals surface area contributed by atoms with E-state index in [9.17, 15) is 0 Å². The third kappa shape index (κ3) is 1.47. The highest BCUT2D eigenvalue weighted by molar-refractivity contribution is 9.10. The van der Waals surface area contributed by atoms with E-state index >= 15 is 0 Å². The van der Waals surface area contributed by atoms with Crippen molar-refractivity contribution < 1.29 is 4.74 Å². The highest BCUT2D eigenvalue weighted by Gasteiger charge is 2.06. The van der Waals surface area contributed by atoms with E-state index in [-0.39, 0.29) is 0 Å². The lowest BCUT2D eigenvalue weighted by molar-refractivity contribution is 0.179. The van der Waals surface area contributed by atoms with Crippen molar-refractivity contribution >= 4 is 26.8 Å². The zero-order valence-electron chi connectivity index (χ0n) is 8.25. The summed E-state index contributed by atoms with van der Waals surface area (Å²) in [5, 5.41) is 1.24. The van der Waals surface area contributed by atoms with Crippen LogP contribution in [0.5, 0.6) is 0 Å². The van der Waals surface area contributed by atoms with Gasteiger partial charge in [0.1, 0.15) is 0 Å². The molecule has 0 aliphatic carbocycles. The van der Waals surface area contributed by atoms with E-state index in [2.05, 4.69) is 45.7 Å². The SMILES string of the molecule is COCc1cc2c(Br)cccc2n1C. The van der Waals surface area contributed by atoms with E-state index in [4.69, 9.17) is 4.74 Å². The Morgan fingerprint density at radius 3 is 2.86 bits per heavy atom. The predicted octanol–water partition coefficient (Wildman–Crippen LogP) is 3.09. The second kappa shape index (κ2) is 3.75. The molecule has 2 nitrogen and oxygen atoms in total. The Morgan fingerprint density at radius 2 is 2.21 bits per heavy atom. The van der Waals surface area contributed by atoms with Crippen molar-refractivity contribution in [2.75, 3.05) is 7.11 Å². The minimum atomic E-state index is 0.650. The number of halogens is 1. The summed E-state index contributed by atoms with van der Waals surface area (Å²) in [5.74, 6) is 0. The molecule has 0 aliphatic heterocycles. The standard InChI is InChI=1S/C11H12BrNO/c1-13-8(7-14-2)6-9-10(12)4-3-5-11(9)13/h3-6H,7H2,1-2H3. The zero-order chi connectivity index (χ0) is 10.1. The Balaban J connectivity index is 2.67. The molecule has 0 radical (unpaired) electrons. The number of methoxy groups -OCH3 is 1. The number of rotatable bonds is 2. The highest BCUT2D eigenvalue weighted by atomic mass is 79.9. The third-order valence-corrected chi connectivity index (χ3v) is 3.12. The van der Waals surface area contributed by atoms with Gasteiger partial charge in [-0.1, -0.05) is 22.0 Å². The fraction of sp³-hybridized carbons (Fsp3) is 0.273. The second-order valence-electron chi connectivity index (χ2n) is 3.30. The van der Waals surface area contributed by atoms with E-state index in [1.807, 2.05) is 6.07 Å². The first-order valence-electron chi connectivity index (χ1n) is 4.46. The Morgan fingerprint density at radius 1 is 1.43 bits per heavy atom. The quantitative estimate of drug-likeness (QED) is 0.803. The average molecular weight is 254 g/mol. The first-order valence-corrected chi connectivity index (χ1v) is 5.25. The van der Waals surface area contributed by atoms with Crippen molar-refractivity contribution in [2.24, 2.45) is 7.05 Å². The summed E-state index contributed by atoms with van der Waals surface area (Å²) in [7, 11) is 3.77. The van der Waals surface area contributed by atoms with Gasteiger partial charge in [0.25, 0.3) is 0 Å². The highest BCUT2D eigenvalue weighted by Crippen LogP contribution is 2.26. The molecule has 0 aliphatic rings. The van der Waals surface area contributed by atoms with E-state index in [0.29, 0.717) is 6.61 Å². The first-order chi connectivity index (χ1) is 6.74. The number of nitrogens with zero attached hydrogens (tertiary/aromatic N) is 1. The van der Waals surface area contributed by atoms with Crippen LogP contribution in [0.1, 0.15) is 5.69 Å². The van der Waals surface area contributed by atoms with Crippen LogP contribution in [0, 0.1) is 0 Å². The Kier molecular flexibility index (Phi) is 2.61. The van der Waals surface area contributed by atoms with Crippen molar-refractivity contribution in [2.45, 2.75) is 6.61 Å². The number of benzene rings is 1. The van der Waals surface area contributed by atoms with Crippen molar-refractivity contribution in [3.05, 3.63) is 34.4 Å². The second-order valence-corrected chi connectivity index (χ2v) is 4.15. The molecular weight excluding hydrogens is 242 g/mol. The lowest BCUT2D eigenvalue weighted by Gasteiger charge is -2.02. The van der Waals surface area contributed by atoms with Crippen LogP contribution in [0.2, 0.25) is 0 Å². The molecule has 74 valence electrons. The monoisotopic (exact) mass is 253 g/mol. The average Bonchev–Trinajstić information content (AvgIpc) is 2.48. The van der Waals surface area contributed by atoms with Crippen LogP contribution >= 0.6 is 15.9 Å². The summed E-state index contributed by atoms with van der Waals surface area (Å²) in [5.41, 5.74) is 2.42. The van der Waals surface area contributed by atoms with Crippen LogP contribution in [-0.2, 0) is 18.4 Å². The lowest BCUT2D eigenvalue weighted by Crippen LogP contribution is -1.96. The van der Waals surface area contributed by atoms with Crippen molar-refractivity contribution in [1.29, 1.82) is 0 Å². The maximum atomic E-state index is 5.14. The maximum Gasteiger partial charge on any atom is 0.0864 e. The van der Waals surface area contributed by atoms with Crippen LogP contribution in [0.25, 0.3) is 10.9 Å². The smallest absolute Gasteiger partial charge is 0.0864 e.